The largest absolute Gasteiger partial charge is 0.423 e. The van der Waals surface area contributed by atoms with Gasteiger partial charge in [0.2, 0.25) is 0 Å². The molecule has 0 amide bonds. The molecule has 0 atom stereocenters. The van der Waals surface area contributed by atoms with Crippen LogP contribution in [0.4, 0.5) is 5.69 Å². The van der Waals surface area contributed by atoms with Gasteiger partial charge in [0.05, 0.1) is 5.69 Å². The molecule has 0 saturated carbocycles. The van der Waals surface area contributed by atoms with Crippen LogP contribution in [0, 0.1) is 0 Å². The van der Waals surface area contributed by atoms with E-state index in [1.54, 1.807) is 12.1 Å². The highest BCUT2D eigenvalue weighted by atomic mass is 35.5. The van der Waals surface area contributed by atoms with Gasteiger partial charge < -0.3 is 9.73 Å². The van der Waals surface area contributed by atoms with Gasteiger partial charge in [-0.05, 0) is 43.5 Å². The number of halogens is 1. The van der Waals surface area contributed by atoms with Crippen molar-refractivity contribution in [1.82, 2.24) is 4.90 Å². The van der Waals surface area contributed by atoms with Crippen molar-refractivity contribution < 1.29 is 4.42 Å². The Kier molecular flexibility index (Phi) is 6.02. The lowest BCUT2D eigenvalue weighted by molar-refractivity contribution is 0.236. The van der Waals surface area contributed by atoms with Crippen molar-refractivity contribution in [3.05, 3.63) is 81.2 Å². The number of nitrogens with zero attached hydrogens (tertiary/aromatic N) is 1. The Morgan fingerprint density at radius 3 is 2.69 bits per heavy atom. The quantitative estimate of drug-likeness (QED) is 0.572. The SMILES string of the molecule is CC(=Cc1ccccc1)CN1CCC(Nc2cc(=O)oc3ccc(Cl)cc23)CC1. The first-order valence-corrected chi connectivity index (χ1v) is 10.4. The van der Waals surface area contributed by atoms with E-state index in [0.29, 0.717) is 16.6 Å². The molecule has 4 rings (SSSR count). The summed E-state index contributed by atoms with van der Waals surface area (Å²) in [6.45, 7) is 5.22. The molecule has 1 saturated heterocycles. The van der Waals surface area contributed by atoms with Crippen molar-refractivity contribution in [3.63, 3.8) is 0 Å². The number of hydrogen-bond donors (Lipinski definition) is 1. The number of nitrogens with one attached hydrogen (secondary N) is 1. The van der Waals surface area contributed by atoms with Gasteiger partial charge in [0.1, 0.15) is 5.58 Å². The van der Waals surface area contributed by atoms with Crippen LogP contribution in [-0.4, -0.2) is 30.6 Å². The van der Waals surface area contributed by atoms with Crippen molar-refractivity contribution in [2.45, 2.75) is 25.8 Å². The molecular formula is C24H25ClN2O2. The fourth-order valence-electron chi connectivity index (χ4n) is 3.94. The summed E-state index contributed by atoms with van der Waals surface area (Å²) in [4.78, 5) is 14.4. The monoisotopic (exact) mass is 408 g/mol. The van der Waals surface area contributed by atoms with E-state index >= 15 is 0 Å². The molecule has 5 heteroatoms. The smallest absolute Gasteiger partial charge is 0.338 e. The maximum absolute atomic E-state index is 11.9. The lowest BCUT2D eigenvalue weighted by Crippen LogP contribution is -2.39. The molecule has 1 aromatic heterocycles. The fraction of sp³-hybridized carbons (Fsp3) is 0.292. The van der Waals surface area contributed by atoms with Gasteiger partial charge in [-0.25, -0.2) is 4.79 Å². The van der Waals surface area contributed by atoms with Gasteiger partial charge in [0, 0.05) is 42.2 Å². The fourth-order valence-corrected chi connectivity index (χ4v) is 4.11. The summed E-state index contributed by atoms with van der Waals surface area (Å²) in [5.74, 6) is 0. The summed E-state index contributed by atoms with van der Waals surface area (Å²) in [5, 5.41) is 5.02. The standard InChI is InChI=1S/C24H25ClN2O2/c1-17(13-18-5-3-2-4-6-18)16-27-11-9-20(10-12-27)26-22-15-24(28)29-23-8-7-19(25)14-21(22)23/h2-8,13-15,20,26H,9-12,16H2,1H3. The first-order valence-electron chi connectivity index (χ1n) is 10.0. The van der Waals surface area contributed by atoms with Crippen LogP contribution in [0.1, 0.15) is 25.3 Å². The number of fused-ring (bicyclic) bond motifs is 1. The third kappa shape index (κ3) is 5.08. The minimum Gasteiger partial charge on any atom is -0.423 e. The molecule has 2 heterocycles. The zero-order valence-corrected chi connectivity index (χ0v) is 17.3. The molecule has 1 aliphatic heterocycles. The zero-order valence-electron chi connectivity index (χ0n) is 16.5. The maximum Gasteiger partial charge on any atom is 0.338 e. The van der Waals surface area contributed by atoms with E-state index in [1.165, 1.54) is 17.2 Å². The number of benzene rings is 2. The molecular weight excluding hydrogens is 384 g/mol. The molecule has 29 heavy (non-hydrogen) atoms. The van der Waals surface area contributed by atoms with Gasteiger partial charge in [-0.15, -0.1) is 0 Å². The van der Waals surface area contributed by atoms with E-state index in [0.717, 1.165) is 43.5 Å². The van der Waals surface area contributed by atoms with E-state index in [1.807, 2.05) is 12.1 Å². The molecule has 2 aromatic carbocycles. The predicted molar refractivity (Wildman–Crippen MR) is 121 cm³/mol. The lowest BCUT2D eigenvalue weighted by atomic mass is 10.0. The second-order valence-electron chi connectivity index (χ2n) is 7.72. The van der Waals surface area contributed by atoms with Crippen LogP contribution in [0.15, 0.2) is 69.4 Å². The van der Waals surface area contributed by atoms with Crippen LogP contribution in [-0.2, 0) is 0 Å². The summed E-state index contributed by atoms with van der Waals surface area (Å²) in [6, 6.07) is 17.6. The molecule has 3 aromatic rings. The van der Waals surface area contributed by atoms with Crippen LogP contribution >= 0.6 is 11.6 Å². The predicted octanol–water partition coefficient (Wildman–Crippen LogP) is 5.43. The third-order valence-corrected chi connectivity index (χ3v) is 5.57. The van der Waals surface area contributed by atoms with E-state index in [2.05, 4.69) is 47.5 Å². The average molecular weight is 409 g/mol. The number of rotatable bonds is 5. The topological polar surface area (TPSA) is 45.5 Å². The Hall–Kier alpha value is -2.56. The van der Waals surface area contributed by atoms with Gasteiger partial charge in [0.25, 0.3) is 0 Å². The second kappa shape index (κ2) is 8.85. The van der Waals surface area contributed by atoms with Gasteiger partial charge >= 0.3 is 5.63 Å². The lowest BCUT2D eigenvalue weighted by Gasteiger charge is -2.33. The molecule has 0 unspecified atom stereocenters. The Bertz CT molecular complexity index is 1070. The van der Waals surface area contributed by atoms with E-state index in [4.69, 9.17) is 16.0 Å². The summed E-state index contributed by atoms with van der Waals surface area (Å²) < 4.78 is 5.29. The van der Waals surface area contributed by atoms with Crippen LogP contribution in [0.25, 0.3) is 17.0 Å². The minimum absolute atomic E-state index is 0.327. The van der Waals surface area contributed by atoms with Crippen molar-refractivity contribution in [2.75, 3.05) is 25.0 Å². The second-order valence-corrected chi connectivity index (χ2v) is 8.15. The number of likely N-dealkylation sites (tertiary alicyclic amines) is 1. The number of hydrogen-bond acceptors (Lipinski definition) is 4. The zero-order chi connectivity index (χ0) is 20.2. The van der Waals surface area contributed by atoms with Crippen LogP contribution in [0.5, 0.6) is 0 Å². The van der Waals surface area contributed by atoms with Crippen LogP contribution in [0.3, 0.4) is 0 Å². The van der Waals surface area contributed by atoms with Crippen molar-refractivity contribution >= 4 is 34.3 Å². The molecule has 150 valence electrons. The molecule has 0 radical (unpaired) electrons. The van der Waals surface area contributed by atoms with Crippen molar-refractivity contribution in [1.29, 1.82) is 0 Å². The highest BCUT2D eigenvalue weighted by molar-refractivity contribution is 6.31. The van der Waals surface area contributed by atoms with E-state index < -0.39 is 0 Å². The normalized spacial score (nSPS) is 16.3. The first-order chi connectivity index (χ1) is 14.1. The van der Waals surface area contributed by atoms with E-state index in [-0.39, 0.29) is 5.63 Å². The van der Waals surface area contributed by atoms with Gasteiger partial charge in [-0.1, -0.05) is 53.6 Å². The molecule has 0 bridgehead atoms. The maximum atomic E-state index is 11.9. The van der Waals surface area contributed by atoms with Crippen LogP contribution < -0.4 is 10.9 Å². The molecule has 0 aliphatic carbocycles. The van der Waals surface area contributed by atoms with Crippen molar-refractivity contribution in [3.8, 4) is 0 Å². The number of piperidine rings is 1. The Morgan fingerprint density at radius 1 is 1.17 bits per heavy atom. The highest BCUT2D eigenvalue weighted by Gasteiger charge is 2.20. The summed E-state index contributed by atoms with van der Waals surface area (Å²) in [7, 11) is 0. The number of anilines is 1. The van der Waals surface area contributed by atoms with Gasteiger partial charge in [0.15, 0.2) is 0 Å². The summed E-state index contributed by atoms with van der Waals surface area (Å²) in [6.07, 6.45) is 4.31. The Balaban J connectivity index is 1.38. The highest BCUT2D eigenvalue weighted by Crippen LogP contribution is 2.27. The summed E-state index contributed by atoms with van der Waals surface area (Å²) >= 11 is 6.14. The third-order valence-electron chi connectivity index (χ3n) is 5.34. The molecule has 1 aliphatic rings. The van der Waals surface area contributed by atoms with Gasteiger partial charge in [-0.3, -0.25) is 4.90 Å². The van der Waals surface area contributed by atoms with Crippen LogP contribution in [0.2, 0.25) is 5.02 Å². The molecule has 0 spiro atoms. The van der Waals surface area contributed by atoms with Crippen molar-refractivity contribution in [2.24, 2.45) is 0 Å². The summed E-state index contributed by atoms with van der Waals surface area (Å²) in [5.41, 5.74) is 3.63. The molecule has 1 fully saturated rings. The first kappa shape index (κ1) is 19.7. The van der Waals surface area contributed by atoms with Gasteiger partial charge in [-0.2, -0.15) is 0 Å². The average Bonchev–Trinajstić information content (AvgIpc) is 2.70. The Morgan fingerprint density at radius 2 is 1.93 bits per heavy atom. The Labute approximate surface area is 175 Å². The molecule has 4 nitrogen and oxygen atoms in total. The minimum atomic E-state index is -0.346. The molecule has 1 N–H and O–H groups in total. The van der Waals surface area contributed by atoms with E-state index in [9.17, 15) is 4.79 Å².